The number of hydrogen-bond donors (Lipinski definition) is 1. The number of nitrogens with zero attached hydrogens (tertiary/aromatic N) is 4. The predicted molar refractivity (Wildman–Crippen MR) is 116 cm³/mol. The third-order valence-electron chi connectivity index (χ3n) is 6.99. The number of aryl methyl sites for hydroxylation is 1. The van der Waals surface area contributed by atoms with Gasteiger partial charge in [-0.1, -0.05) is 39.0 Å². The summed E-state index contributed by atoms with van der Waals surface area (Å²) >= 11 is 0. The number of hydrogen-bond acceptors (Lipinski definition) is 5. The van der Waals surface area contributed by atoms with Crippen LogP contribution in [0.2, 0.25) is 0 Å². The van der Waals surface area contributed by atoms with Crippen molar-refractivity contribution >= 4 is 5.78 Å². The highest BCUT2D eigenvalue weighted by atomic mass is 19.1. The summed E-state index contributed by atoms with van der Waals surface area (Å²) in [6.45, 7) is 5.65. The summed E-state index contributed by atoms with van der Waals surface area (Å²) in [5.74, 6) is -0.0135. The first-order valence-corrected chi connectivity index (χ1v) is 10.7. The lowest BCUT2D eigenvalue weighted by atomic mass is 9.58. The number of aromatic nitrogens is 2. The van der Waals surface area contributed by atoms with Crippen LogP contribution in [-0.4, -0.2) is 27.9 Å². The number of alkyl halides is 1. The molecule has 2 aromatic rings. The van der Waals surface area contributed by atoms with Crippen molar-refractivity contribution in [3.8, 4) is 11.3 Å². The van der Waals surface area contributed by atoms with Crippen molar-refractivity contribution in [2.75, 3.05) is 0 Å². The largest absolute Gasteiger partial charge is 0.359 e. The van der Waals surface area contributed by atoms with Gasteiger partial charge < -0.3 is 5.32 Å². The fraction of sp³-hybridized carbons (Fsp3) is 0.417. The Labute approximate surface area is 180 Å². The number of Topliss-reactive ketones (excluding diaryl/α,β-unsaturated/α-hetero) is 1. The predicted octanol–water partition coefficient (Wildman–Crippen LogP) is 4.61. The van der Waals surface area contributed by atoms with E-state index >= 15 is 4.39 Å². The van der Waals surface area contributed by atoms with Gasteiger partial charge in [0, 0.05) is 41.8 Å². The number of halogens is 1. The molecule has 0 radical (unpaired) electrons. The average molecular weight is 420 g/mol. The molecule has 0 bridgehead atoms. The first-order valence-electron chi connectivity index (χ1n) is 10.7. The zero-order valence-electron chi connectivity index (χ0n) is 18.2. The lowest BCUT2D eigenvalue weighted by Crippen LogP contribution is -2.55. The molecule has 160 valence electrons. The fourth-order valence-corrected chi connectivity index (χ4v) is 5.41. The molecule has 6 nitrogen and oxygen atoms in total. The number of nitrogens with one attached hydrogen (secondary N) is 1. The summed E-state index contributed by atoms with van der Waals surface area (Å²) in [6, 6.07) is 10.1. The molecule has 0 amide bonds. The average Bonchev–Trinajstić information content (AvgIpc) is 3.39. The van der Waals surface area contributed by atoms with Gasteiger partial charge in [0.15, 0.2) is 11.9 Å². The summed E-state index contributed by atoms with van der Waals surface area (Å²) in [5, 5.41) is 15.9. The van der Waals surface area contributed by atoms with Crippen LogP contribution in [0.15, 0.2) is 69.8 Å². The van der Waals surface area contributed by atoms with E-state index in [4.69, 9.17) is 0 Å². The Morgan fingerprint density at radius 1 is 1.29 bits per heavy atom. The van der Waals surface area contributed by atoms with Crippen LogP contribution >= 0.6 is 0 Å². The van der Waals surface area contributed by atoms with Gasteiger partial charge in [-0.3, -0.25) is 9.48 Å². The molecule has 1 unspecified atom stereocenters. The van der Waals surface area contributed by atoms with E-state index in [2.05, 4.69) is 26.7 Å². The maximum atomic E-state index is 15.7. The third-order valence-corrected chi connectivity index (χ3v) is 6.99. The molecular formula is C24H26FN5O. The van der Waals surface area contributed by atoms with E-state index in [-0.39, 0.29) is 12.2 Å². The molecule has 7 heteroatoms. The molecule has 3 atom stereocenters. The van der Waals surface area contributed by atoms with Crippen molar-refractivity contribution in [3.63, 3.8) is 0 Å². The molecule has 1 aliphatic carbocycles. The smallest absolute Gasteiger partial charge is 0.164 e. The summed E-state index contributed by atoms with van der Waals surface area (Å²) in [5.41, 5.74) is 3.17. The van der Waals surface area contributed by atoms with Gasteiger partial charge in [-0.25, -0.2) is 4.39 Å². The number of fused-ring (bicyclic) bond motifs is 1. The van der Waals surface area contributed by atoms with Gasteiger partial charge in [0.05, 0.1) is 23.0 Å². The van der Waals surface area contributed by atoms with Gasteiger partial charge in [0.25, 0.3) is 0 Å². The Morgan fingerprint density at radius 2 is 2.10 bits per heavy atom. The van der Waals surface area contributed by atoms with Crippen molar-refractivity contribution in [1.82, 2.24) is 15.1 Å². The highest BCUT2D eigenvalue weighted by Gasteiger charge is 2.56. The Hall–Kier alpha value is -3.09. The number of azo groups is 1. The fourth-order valence-electron chi connectivity index (χ4n) is 5.41. The van der Waals surface area contributed by atoms with Crippen LogP contribution < -0.4 is 5.32 Å². The van der Waals surface area contributed by atoms with Crippen LogP contribution in [0.1, 0.15) is 39.2 Å². The Kier molecular flexibility index (Phi) is 4.29. The van der Waals surface area contributed by atoms with Gasteiger partial charge in [0.1, 0.15) is 6.17 Å². The summed E-state index contributed by atoms with van der Waals surface area (Å²) in [6.07, 6.45) is 2.54. The molecule has 0 spiro atoms. The first-order chi connectivity index (χ1) is 14.8. The SMILES string of the molecule is CC[C@@]1(c2cccc(-c3ccnn3C)c2)C2=CN=NC2NC2=C1C(=O)CC(C)(C)[C@H]2F. The quantitative estimate of drug-likeness (QED) is 0.790. The molecule has 31 heavy (non-hydrogen) atoms. The van der Waals surface area contributed by atoms with Crippen LogP contribution in [0.25, 0.3) is 11.3 Å². The Bertz CT molecular complexity index is 1170. The molecule has 5 rings (SSSR count). The summed E-state index contributed by atoms with van der Waals surface area (Å²) in [4.78, 5) is 13.5. The van der Waals surface area contributed by atoms with Crippen molar-refractivity contribution in [1.29, 1.82) is 0 Å². The zero-order chi connectivity index (χ0) is 22.0. The number of rotatable bonds is 3. The van der Waals surface area contributed by atoms with Crippen LogP contribution in [0.4, 0.5) is 4.39 Å². The molecular weight excluding hydrogens is 393 g/mol. The molecule has 3 aliphatic rings. The lowest BCUT2D eigenvalue weighted by molar-refractivity contribution is -0.120. The third kappa shape index (κ3) is 2.68. The van der Waals surface area contributed by atoms with Crippen LogP contribution in [0.3, 0.4) is 0 Å². The van der Waals surface area contributed by atoms with E-state index in [1.165, 1.54) is 0 Å². The van der Waals surface area contributed by atoms with Crippen molar-refractivity contribution in [2.45, 2.75) is 51.4 Å². The summed E-state index contributed by atoms with van der Waals surface area (Å²) < 4.78 is 17.5. The van der Waals surface area contributed by atoms with Gasteiger partial charge in [-0.05, 0) is 24.1 Å². The minimum Gasteiger partial charge on any atom is -0.359 e. The highest BCUT2D eigenvalue weighted by Crippen LogP contribution is 2.54. The standard InChI is InChI=1S/C24H26FN5O/c1-5-24(15-8-6-7-14(11-15)17-9-10-27-30(17)4)16-13-26-29-22(16)28-20-19(24)18(31)12-23(2,3)21(20)25/h6-11,13,21-22,28H,5,12H2,1-4H3/t21-,22?,24+/m0/s1. The summed E-state index contributed by atoms with van der Waals surface area (Å²) in [7, 11) is 1.90. The van der Waals surface area contributed by atoms with Crippen molar-refractivity contribution < 1.29 is 9.18 Å². The lowest BCUT2D eigenvalue weighted by Gasteiger charge is -2.49. The number of carbonyl (C=O) groups excluding carboxylic acids is 1. The van der Waals surface area contributed by atoms with Gasteiger partial charge in [-0.15, -0.1) is 0 Å². The van der Waals surface area contributed by atoms with E-state index in [9.17, 15) is 4.79 Å². The molecule has 0 saturated carbocycles. The van der Waals surface area contributed by atoms with Crippen LogP contribution in [-0.2, 0) is 17.3 Å². The maximum Gasteiger partial charge on any atom is 0.164 e. The second-order valence-electron chi connectivity index (χ2n) is 9.28. The molecule has 1 aromatic heterocycles. The van der Waals surface area contributed by atoms with Gasteiger partial charge in [0.2, 0.25) is 0 Å². The molecule has 1 N–H and O–H groups in total. The second kappa shape index (κ2) is 6.70. The molecule has 1 aromatic carbocycles. The molecule has 2 aliphatic heterocycles. The maximum absolute atomic E-state index is 15.7. The van der Waals surface area contributed by atoms with Crippen molar-refractivity contribution in [3.05, 3.63) is 65.1 Å². The number of benzene rings is 1. The van der Waals surface area contributed by atoms with E-state index in [0.717, 1.165) is 22.4 Å². The van der Waals surface area contributed by atoms with Crippen LogP contribution in [0.5, 0.6) is 0 Å². The highest BCUT2D eigenvalue weighted by molar-refractivity contribution is 6.02. The Balaban J connectivity index is 1.78. The van der Waals surface area contributed by atoms with Crippen LogP contribution in [0, 0.1) is 5.41 Å². The van der Waals surface area contributed by atoms with E-state index in [1.54, 1.807) is 26.2 Å². The first kappa shape index (κ1) is 19.8. The zero-order valence-corrected chi connectivity index (χ0v) is 18.2. The topological polar surface area (TPSA) is 71.6 Å². The van der Waals surface area contributed by atoms with Gasteiger partial charge >= 0.3 is 0 Å². The van der Waals surface area contributed by atoms with E-state index < -0.39 is 23.2 Å². The molecule has 0 saturated heterocycles. The number of allylic oxidation sites excluding steroid dienone is 2. The Morgan fingerprint density at radius 3 is 2.81 bits per heavy atom. The second-order valence-corrected chi connectivity index (χ2v) is 9.28. The number of ketones is 1. The molecule has 0 fully saturated rings. The van der Waals surface area contributed by atoms with Gasteiger partial charge in [-0.2, -0.15) is 15.3 Å². The minimum absolute atomic E-state index is 0.0135. The monoisotopic (exact) mass is 419 g/mol. The van der Waals surface area contributed by atoms with E-state index in [1.807, 2.05) is 42.9 Å². The van der Waals surface area contributed by atoms with E-state index in [0.29, 0.717) is 17.7 Å². The van der Waals surface area contributed by atoms with Crippen molar-refractivity contribution in [2.24, 2.45) is 22.7 Å². The minimum atomic E-state index is -1.27. The number of carbonyl (C=O) groups is 1. The normalized spacial score (nSPS) is 28.8. The molecule has 3 heterocycles.